The molecule has 3 aliphatic heterocycles. The normalized spacial score (nSPS) is 30.3. The Morgan fingerprint density at radius 3 is 2.23 bits per heavy atom. The zero-order valence-corrected chi connectivity index (χ0v) is 19.0. The molecule has 0 N–H and O–H groups in total. The van der Waals surface area contributed by atoms with E-state index in [1.165, 1.54) is 12.8 Å². The van der Waals surface area contributed by atoms with Crippen LogP contribution in [0.3, 0.4) is 0 Å². The lowest BCUT2D eigenvalue weighted by Crippen LogP contribution is -2.61. The summed E-state index contributed by atoms with van der Waals surface area (Å²) in [7, 11) is 0. The summed E-state index contributed by atoms with van der Waals surface area (Å²) in [5, 5.41) is 0. The zero-order valence-electron chi connectivity index (χ0n) is 19.0. The Labute approximate surface area is 181 Å². The number of rotatable bonds is 2. The van der Waals surface area contributed by atoms with E-state index in [0.717, 1.165) is 64.7 Å². The molecule has 7 heteroatoms. The van der Waals surface area contributed by atoms with Crippen molar-refractivity contribution in [2.75, 3.05) is 32.8 Å². The number of amides is 2. The van der Waals surface area contributed by atoms with Crippen molar-refractivity contribution in [2.45, 2.75) is 102 Å². The summed E-state index contributed by atoms with van der Waals surface area (Å²) in [6.07, 6.45) is 8.83. The molecule has 0 radical (unpaired) electrons. The van der Waals surface area contributed by atoms with Gasteiger partial charge in [-0.3, -0.25) is 4.79 Å². The molecule has 0 aromatic heterocycles. The summed E-state index contributed by atoms with van der Waals surface area (Å²) in [6.45, 7) is 9.64. The number of nitrogens with zero attached hydrogens (tertiary/aromatic N) is 3. The van der Waals surface area contributed by atoms with Gasteiger partial charge in [0.1, 0.15) is 12.2 Å². The van der Waals surface area contributed by atoms with Gasteiger partial charge in [0.25, 0.3) is 0 Å². The summed E-state index contributed by atoms with van der Waals surface area (Å²) in [5.41, 5.74) is -0.440. The highest BCUT2D eigenvalue weighted by molar-refractivity contribution is 5.79. The third kappa shape index (κ3) is 4.93. The lowest BCUT2D eigenvalue weighted by atomic mass is 9.87. The number of carbonyl (C=O) groups excluding carboxylic acids is 2. The first-order valence-corrected chi connectivity index (χ1v) is 12.0. The third-order valence-corrected chi connectivity index (χ3v) is 7.26. The van der Waals surface area contributed by atoms with E-state index in [2.05, 4.69) is 9.80 Å². The van der Waals surface area contributed by atoms with Gasteiger partial charge in [-0.05, 0) is 59.3 Å². The van der Waals surface area contributed by atoms with Crippen LogP contribution in [0.15, 0.2) is 0 Å². The number of likely N-dealkylation sites (tertiary alicyclic amines) is 2. The summed E-state index contributed by atoms with van der Waals surface area (Å²) in [6, 6.07) is 1.20. The number of ether oxygens (including phenoxy) is 2. The first kappa shape index (κ1) is 21.9. The molecule has 0 spiro atoms. The Hall–Kier alpha value is -1.34. The van der Waals surface area contributed by atoms with E-state index in [1.807, 2.05) is 25.7 Å². The minimum atomic E-state index is -0.440. The lowest BCUT2D eigenvalue weighted by Gasteiger charge is -2.50. The monoisotopic (exact) mass is 421 g/mol. The third-order valence-electron chi connectivity index (χ3n) is 7.26. The minimum absolute atomic E-state index is 0.187. The van der Waals surface area contributed by atoms with Gasteiger partial charge in [0, 0.05) is 38.3 Å². The molecule has 7 nitrogen and oxygen atoms in total. The van der Waals surface area contributed by atoms with Gasteiger partial charge in [0.2, 0.25) is 5.91 Å². The van der Waals surface area contributed by atoms with Gasteiger partial charge in [-0.1, -0.05) is 12.8 Å². The highest BCUT2D eigenvalue weighted by Gasteiger charge is 2.42. The fourth-order valence-electron chi connectivity index (χ4n) is 5.77. The van der Waals surface area contributed by atoms with Gasteiger partial charge < -0.3 is 24.2 Å². The fourth-order valence-corrected chi connectivity index (χ4v) is 5.77. The molecule has 0 bridgehead atoms. The average molecular weight is 422 g/mol. The van der Waals surface area contributed by atoms with Gasteiger partial charge in [-0.2, -0.15) is 0 Å². The van der Waals surface area contributed by atoms with Crippen molar-refractivity contribution in [3.8, 4) is 0 Å². The summed E-state index contributed by atoms with van der Waals surface area (Å²) < 4.78 is 11.4. The van der Waals surface area contributed by atoms with Crippen LogP contribution in [0.4, 0.5) is 4.79 Å². The molecule has 2 amide bonds. The number of piperidine rings is 2. The van der Waals surface area contributed by atoms with E-state index in [4.69, 9.17) is 9.47 Å². The second kappa shape index (κ2) is 9.03. The lowest BCUT2D eigenvalue weighted by molar-refractivity contribution is -0.167. The van der Waals surface area contributed by atoms with E-state index in [1.54, 1.807) is 0 Å². The van der Waals surface area contributed by atoms with Gasteiger partial charge in [-0.15, -0.1) is 0 Å². The predicted molar refractivity (Wildman–Crippen MR) is 114 cm³/mol. The quantitative estimate of drug-likeness (QED) is 0.686. The topological polar surface area (TPSA) is 62.3 Å². The second-order valence-corrected chi connectivity index (χ2v) is 10.5. The maximum atomic E-state index is 12.7. The Kier molecular flexibility index (Phi) is 6.58. The largest absolute Gasteiger partial charge is 0.444 e. The molecule has 170 valence electrons. The molecule has 30 heavy (non-hydrogen) atoms. The molecular formula is C23H39N3O4. The van der Waals surface area contributed by atoms with Crippen LogP contribution in [0, 0.1) is 0 Å². The van der Waals surface area contributed by atoms with Crippen LogP contribution in [0.1, 0.15) is 72.1 Å². The van der Waals surface area contributed by atoms with Crippen molar-refractivity contribution in [1.82, 2.24) is 14.7 Å². The number of hydrogen-bond acceptors (Lipinski definition) is 5. The van der Waals surface area contributed by atoms with Crippen LogP contribution >= 0.6 is 0 Å². The maximum absolute atomic E-state index is 12.7. The molecule has 2 atom stereocenters. The van der Waals surface area contributed by atoms with Crippen molar-refractivity contribution in [3.63, 3.8) is 0 Å². The average Bonchev–Trinajstić information content (AvgIpc) is 2.73. The van der Waals surface area contributed by atoms with Gasteiger partial charge >= 0.3 is 6.09 Å². The smallest absolute Gasteiger partial charge is 0.410 e. The highest BCUT2D eigenvalue weighted by atomic mass is 16.6. The Morgan fingerprint density at radius 1 is 0.933 bits per heavy atom. The minimum Gasteiger partial charge on any atom is -0.444 e. The molecule has 1 aliphatic carbocycles. The van der Waals surface area contributed by atoms with E-state index in [9.17, 15) is 9.59 Å². The van der Waals surface area contributed by atoms with Gasteiger partial charge in [0.05, 0.1) is 12.1 Å². The molecule has 0 aromatic rings. The van der Waals surface area contributed by atoms with Crippen LogP contribution in [0.25, 0.3) is 0 Å². The standard InChI is InChI=1S/C23H39N3O4/c1-23(2,3)30-22(28)25-14-8-17(9-15-25)24-12-10-18(11-13-24)26-19-6-4-5-7-20(19)29-16-21(26)27/h17-20H,4-16H2,1-3H3/t19?,20-/m0/s1. The van der Waals surface area contributed by atoms with Crippen molar-refractivity contribution < 1.29 is 19.1 Å². The number of fused-ring (bicyclic) bond motifs is 1. The van der Waals surface area contributed by atoms with Crippen molar-refractivity contribution >= 4 is 12.0 Å². The first-order chi connectivity index (χ1) is 14.3. The Balaban J connectivity index is 1.26. The molecule has 1 saturated carbocycles. The van der Waals surface area contributed by atoms with Crippen LogP contribution in [-0.2, 0) is 14.3 Å². The van der Waals surface area contributed by atoms with Crippen molar-refractivity contribution in [1.29, 1.82) is 0 Å². The fraction of sp³-hybridized carbons (Fsp3) is 0.913. The highest BCUT2D eigenvalue weighted by Crippen LogP contribution is 2.33. The zero-order chi connectivity index (χ0) is 21.3. The maximum Gasteiger partial charge on any atom is 0.410 e. The molecule has 0 aromatic carbocycles. The number of morpholine rings is 1. The molecule has 4 fully saturated rings. The van der Waals surface area contributed by atoms with Gasteiger partial charge in [0.15, 0.2) is 0 Å². The number of carbonyl (C=O) groups is 2. The molecule has 4 rings (SSSR count). The molecule has 3 heterocycles. The molecule has 1 unspecified atom stereocenters. The van der Waals surface area contributed by atoms with E-state index < -0.39 is 5.60 Å². The van der Waals surface area contributed by atoms with Crippen LogP contribution < -0.4 is 0 Å². The summed E-state index contributed by atoms with van der Waals surface area (Å²) in [5.74, 6) is 0.197. The SMILES string of the molecule is CC(C)(C)OC(=O)N1CCC(N2CCC(N3C(=O)CO[C@H]4CCCCC43)CC2)CC1. The Morgan fingerprint density at radius 2 is 1.57 bits per heavy atom. The van der Waals surface area contributed by atoms with Crippen molar-refractivity contribution in [3.05, 3.63) is 0 Å². The molecule has 4 aliphatic rings. The molecule has 3 saturated heterocycles. The summed E-state index contributed by atoms with van der Waals surface area (Å²) >= 11 is 0. The van der Waals surface area contributed by atoms with E-state index >= 15 is 0 Å². The van der Waals surface area contributed by atoms with E-state index in [-0.39, 0.29) is 24.7 Å². The van der Waals surface area contributed by atoms with Gasteiger partial charge in [-0.25, -0.2) is 4.79 Å². The Bertz CT molecular complexity index is 618. The predicted octanol–water partition coefficient (Wildman–Crippen LogP) is 3.02. The molecular weight excluding hydrogens is 382 g/mol. The van der Waals surface area contributed by atoms with E-state index in [0.29, 0.717) is 18.1 Å². The van der Waals surface area contributed by atoms with Crippen molar-refractivity contribution in [2.24, 2.45) is 0 Å². The summed E-state index contributed by atoms with van der Waals surface area (Å²) in [4.78, 5) is 31.6. The number of hydrogen-bond donors (Lipinski definition) is 0. The van der Waals surface area contributed by atoms with Crippen LogP contribution in [0.5, 0.6) is 0 Å². The second-order valence-electron chi connectivity index (χ2n) is 10.5. The van der Waals surface area contributed by atoms with Crippen LogP contribution in [0.2, 0.25) is 0 Å². The first-order valence-electron chi connectivity index (χ1n) is 12.0. The van der Waals surface area contributed by atoms with Crippen LogP contribution in [-0.4, -0.2) is 89.3 Å².